The monoisotopic (exact) mass is 919 g/mol. The van der Waals surface area contributed by atoms with Gasteiger partial charge in [0.1, 0.15) is 41.0 Å². The Morgan fingerprint density at radius 2 is 1.72 bits per heavy atom. The Labute approximate surface area is 381 Å². The number of nitrogens with zero attached hydrogens (tertiary/aromatic N) is 2. The minimum absolute atomic E-state index is 0.00300. The van der Waals surface area contributed by atoms with Crippen LogP contribution in [0.1, 0.15) is 108 Å². The van der Waals surface area contributed by atoms with Crippen molar-refractivity contribution in [1.82, 2.24) is 46.8 Å². The van der Waals surface area contributed by atoms with Crippen LogP contribution in [0.2, 0.25) is 0 Å². The third kappa shape index (κ3) is 13.0. The van der Waals surface area contributed by atoms with E-state index in [1.54, 1.807) is 51.4 Å². The first-order chi connectivity index (χ1) is 31.0. The first kappa shape index (κ1) is 49.9. The zero-order chi connectivity index (χ0) is 47.4. The van der Waals surface area contributed by atoms with Crippen LogP contribution >= 0.6 is 11.3 Å². The van der Waals surface area contributed by atoms with Gasteiger partial charge in [-0.2, -0.15) is 0 Å². The fourth-order valence-electron chi connectivity index (χ4n) is 7.80. The molecule has 9 N–H and O–H groups in total. The molecule has 352 valence electrons. The molecule has 2 bridgehead atoms. The van der Waals surface area contributed by atoms with Crippen molar-refractivity contribution >= 4 is 75.4 Å². The van der Waals surface area contributed by atoms with Crippen LogP contribution in [0.15, 0.2) is 35.9 Å². The molecule has 3 aromatic rings. The smallest absolute Gasteiger partial charge is 0.290 e. The summed E-state index contributed by atoms with van der Waals surface area (Å²) in [5.41, 5.74) is 1.73. The summed E-state index contributed by atoms with van der Waals surface area (Å²) in [5.74, 6) is -6.02. The van der Waals surface area contributed by atoms with Gasteiger partial charge < -0.3 is 52.0 Å². The number of hydrogen-bond acceptors (Lipinski definition) is 12. The lowest BCUT2D eigenvalue weighted by Crippen LogP contribution is -2.58. The number of rotatable bonds is 11. The number of aliphatic hydroxyl groups excluding tert-OH is 1. The largest absolute Gasteiger partial charge is 0.508 e. The van der Waals surface area contributed by atoms with Crippen molar-refractivity contribution in [3.63, 3.8) is 0 Å². The van der Waals surface area contributed by atoms with Crippen molar-refractivity contribution in [2.24, 2.45) is 5.92 Å². The van der Waals surface area contributed by atoms with Crippen molar-refractivity contribution < 1.29 is 48.6 Å². The van der Waals surface area contributed by atoms with Gasteiger partial charge in [0.2, 0.25) is 41.2 Å². The molecule has 0 saturated carbocycles. The van der Waals surface area contributed by atoms with E-state index in [1.807, 2.05) is 6.92 Å². The maximum atomic E-state index is 14.5. The normalized spacial score (nSPS) is 23.3. The number of nitrogens with one attached hydrogen (secondary N) is 7. The fraction of sp³-hybridized carbons (Fsp3) is 0.533. The highest BCUT2D eigenvalue weighted by atomic mass is 32.1. The summed E-state index contributed by atoms with van der Waals surface area (Å²) in [6.45, 7) is 8.76. The number of carbonyl (C=O) groups excluding carboxylic acids is 8. The van der Waals surface area contributed by atoms with Crippen LogP contribution in [0.4, 0.5) is 0 Å². The fourth-order valence-corrected chi connectivity index (χ4v) is 8.59. The van der Waals surface area contributed by atoms with Gasteiger partial charge in [0, 0.05) is 48.1 Å². The second-order valence-corrected chi connectivity index (χ2v) is 17.5. The number of fused-ring (bicyclic) bond motifs is 4. The van der Waals surface area contributed by atoms with Gasteiger partial charge in [-0.3, -0.25) is 38.4 Å². The summed E-state index contributed by atoms with van der Waals surface area (Å²) in [6, 6.07) is -1.67. The average molecular weight is 920 g/mol. The van der Waals surface area contributed by atoms with Gasteiger partial charge in [0.15, 0.2) is 0 Å². The number of thiazole rings is 1. The van der Waals surface area contributed by atoms with E-state index < -0.39 is 89.5 Å². The van der Waals surface area contributed by atoms with Crippen LogP contribution in [0.3, 0.4) is 0 Å². The Bertz CT molecular complexity index is 2260. The van der Waals surface area contributed by atoms with Crippen LogP contribution in [-0.4, -0.2) is 122 Å². The number of phenols is 1. The zero-order valence-corrected chi connectivity index (χ0v) is 38.2. The Kier molecular flexibility index (Phi) is 17.8. The number of benzene rings is 1. The molecule has 65 heavy (non-hydrogen) atoms. The van der Waals surface area contributed by atoms with Crippen LogP contribution in [0.5, 0.6) is 5.75 Å². The van der Waals surface area contributed by atoms with E-state index >= 15 is 0 Å². The predicted molar refractivity (Wildman–Crippen MR) is 242 cm³/mol. The number of aliphatic hydroxyl groups is 1. The van der Waals surface area contributed by atoms with Crippen molar-refractivity contribution in [1.29, 1.82) is 0 Å². The molecule has 0 radical (unpaired) electrons. The first-order valence-electron chi connectivity index (χ1n) is 22.3. The lowest BCUT2D eigenvalue weighted by atomic mass is 10.0. The Hall–Kier alpha value is -6.15. The van der Waals surface area contributed by atoms with Gasteiger partial charge in [0.05, 0.1) is 17.8 Å². The number of Topliss-reactive ketones (excluding diaryl/α,β-unsaturated/α-hetero) is 1. The highest BCUT2D eigenvalue weighted by molar-refractivity contribution is 7.09. The number of aromatic nitrogens is 2. The molecule has 2 aliphatic rings. The van der Waals surface area contributed by atoms with Crippen LogP contribution in [0, 0.1) is 5.92 Å². The number of aromatic amines is 1. The molecule has 8 unspecified atom stereocenters. The molecular weight excluding hydrogens is 859 g/mol. The van der Waals surface area contributed by atoms with Crippen molar-refractivity contribution in [3.8, 4) is 5.75 Å². The van der Waals surface area contributed by atoms with Crippen molar-refractivity contribution in [2.45, 2.75) is 135 Å². The number of H-pyrrole nitrogens is 1. The molecule has 20 heteroatoms. The molecule has 1 aromatic carbocycles. The highest BCUT2D eigenvalue weighted by Gasteiger charge is 2.40. The van der Waals surface area contributed by atoms with Gasteiger partial charge >= 0.3 is 0 Å². The van der Waals surface area contributed by atoms with Crippen molar-refractivity contribution in [3.05, 3.63) is 52.1 Å². The minimum Gasteiger partial charge on any atom is -0.508 e. The lowest BCUT2D eigenvalue weighted by Gasteiger charge is -2.31. The SMILES string of the molecule is CCCC1NC(=O)C2CCCN2C(=O)C(NC(=O)C(CC)NC(=O)C(O)C(C)CC)CCCNC(=O)C(Cc2c[nH]c3ccc(O)cc23)NC(=O)C=Cc2csc(n2)C(C)NC(=O)C1=O. The van der Waals surface area contributed by atoms with Crippen LogP contribution < -0.4 is 31.9 Å². The number of phenolic OH excluding ortho intramolecular Hbond substituents is 1. The van der Waals surface area contributed by atoms with E-state index in [0.29, 0.717) is 46.4 Å². The number of ketones is 1. The highest BCUT2D eigenvalue weighted by Crippen LogP contribution is 2.25. The molecule has 0 aliphatic carbocycles. The second kappa shape index (κ2) is 23.2. The molecule has 1 fully saturated rings. The predicted octanol–water partition coefficient (Wildman–Crippen LogP) is 1.79. The molecule has 4 heterocycles. The van der Waals surface area contributed by atoms with E-state index in [1.165, 1.54) is 34.5 Å². The average Bonchev–Trinajstić information content (AvgIpc) is 4.07. The van der Waals surface area contributed by atoms with E-state index in [4.69, 9.17) is 0 Å². The van der Waals surface area contributed by atoms with Crippen LogP contribution in [0.25, 0.3) is 17.0 Å². The number of amides is 7. The Morgan fingerprint density at radius 1 is 0.954 bits per heavy atom. The van der Waals surface area contributed by atoms with E-state index in [9.17, 15) is 48.6 Å². The van der Waals surface area contributed by atoms with Gasteiger partial charge in [-0.05, 0) is 81.2 Å². The van der Waals surface area contributed by atoms with E-state index in [-0.39, 0.29) is 63.3 Å². The Balaban J connectivity index is 1.44. The van der Waals surface area contributed by atoms with Gasteiger partial charge in [0.25, 0.3) is 5.91 Å². The molecule has 5 rings (SSSR count). The first-order valence-corrected chi connectivity index (χ1v) is 23.2. The van der Waals surface area contributed by atoms with Gasteiger partial charge in [-0.25, -0.2) is 4.98 Å². The third-order valence-corrected chi connectivity index (χ3v) is 12.9. The molecule has 7 amide bonds. The Morgan fingerprint density at radius 3 is 2.45 bits per heavy atom. The van der Waals surface area contributed by atoms with Gasteiger partial charge in [-0.15, -0.1) is 11.3 Å². The molecule has 8 atom stereocenters. The van der Waals surface area contributed by atoms with E-state index in [0.717, 1.165) is 0 Å². The summed E-state index contributed by atoms with van der Waals surface area (Å²) in [4.78, 5) is 118. The topological polar surface area (TPSA) is 281 Å². The number of hydrogen-bond donors (Lipinski definition) is 9. The summed E-state index contributed by atoms with van der Waals surface area (Å²) in [6.07, 6.45) is 5.02. The van der Waals surface area contributed by atoms with Gasteiger partial charge in [-0.1, -0.05) is 40.5 Å². The number of carbonyl (C=O) groups is 8. The summed E-state index contributed by atoms with van der Waals surface area (Å²) in [5, 5.41) is 39.7. The summed E-state index contributed by atoms with van der Waals surface area (Å²) < 4.78 is 0. The summed E-state index contributed by atoms with van der Waals surface area (Å²) in [7, 11) is 0. The lowest BCUT2D eigenvalue weighted by molar-refractivity contribution is -0.144. The summed E-state index contributed by atoms with van der Waals surface area (Å²) >= 11 is 1.19. The maximum Gasteiger partial charge on any atom is 0.290 e. The molecule has 19 nitrogen and oxygen atoms in total. The molecule has 1 saturated heterocycles. The van der Waals surface area contributed by atoms with E-state index in [2.05, 4.69) is 41.9 Å². The quantitative estimate of drug-likeness (QED) is 0.125. The molecule has 0 spiro atoms. The molecular formula is C45H61N9O10S. The zero-order valence-electron chi connectivity index (χ0n) is 37.4. The standard InChI is InChI=1S/C45H61N9O10S/c1-6-11-32-38(58)43(63)48-25(5)44-49-27(23-65-44)14-17-36(56)50-34(20-26-22-47-31-16-15-28(55)21-29(26)31)39(59)46-18-9-12-33(45(64)54-19-10-13-35(54)41(61)52-32)53-40(60)30(8-3)51-42(62)37(57)24(4)7-2/h14-17,21-25,30,32-35,37,47,55,57H,6-13,18-20H2,1-5H3,(H,46,59)(H,48,63)(H,50,56)(H,51,62)(H,52,61)(H,53,60). The second-order valence-electron chi connectivity index (χ2n) is 16.6. The molecule has 2 aromatic heterocycles. The van der Waals surface area contributed by atoms with Crippen molar-refractivity contribution in [2.75, 3.05) is 13.1 Å². The maximum absolute atomic E-state index is 14.5. The van der Waals surface area contributed by atoms with Crippen LogP contribution in [-0.2, 0) is 44.8 Å². The number of aromatic hydroxyl groups is 1. The molecule has 2 aliphatic heterocycles. The minimum atomic E-state index is -1.37. The third-order valence-electron chi connectivity index (χ3n) is 11.8.